The van der Waals surface area contributed by atoms with Gasteiger partial charge >= 0.3 is 0 Å². The lowest BCUT2D eigenvalue weighted by atomic mass is 9.96. The van der Waals surface area contributed by atoms with E-state index in [1.807, 2.05) is 24.3 Å². The second-order valence-electron chi connectivity index (χ2n) is 5.27. The van der Waals surface area contributed by atoms with Crippen LogP contribution in [0.2, 0.25) is 0 Å². The van der Waals surface area contributed by atoms with Gasteiger partial charge < -0.3 is 9.84 Å². The lowest BCUT2D eigenvalue weighted by Crippen LogP contribution is -2.02. The van der Waals surface area contributed by atoms with Crippen LogP contribution in [0.5, 0.6) is 5.75 Å². The van der Waals surface area contributed by atoms with E-state index in [2.05, 4.69) is 19.1 Å². The summed E-state index contributed by atoms with van der Waals surface area (Å²) in [5.41, 5.74) is 0.932. The third-order valence-electron chi connectivity index (χ3n) is 3.81. The molecular formula is C18H24O2. The highest BCUT2D eigenvalue weighted by molar-refractivity contribution is 5.88. The Hall–Kier alpha value is -1.54. The van der Waals surface area contributed by atoms with Gasteiger partial charge in [0.25, 0.3) is 0 Å². The first-order valence-corrected chi connectivity index (χ1v) is 7.51. The Labute approximate surface area is 121 Å². The Bertz CT molecular complexity index is 548. The molecule has 1 unspecified atom stereocenters. The summed E-state index contributed by atoms with van der Waals surface area (Å²) in [6, 6.07) is 12.2. The van der Waals surface area contributed by atoms with E-state index in [1.165, 1.54) is 19.3 Å². The van der Waals surface area contributed by atoms with Crippen LogP contribution in [0.15, 0.2) is 36.4 Å². The number of hydrogen-bond acceptors (Lipinski definition) is 2. The zero-order chi connectivity index (χ0) is 14.4. The van der Waals surface area contributed by atoms with Crippen LogP contribution in [0, 0.1) is 0 Å². The van der Waals surface area contributed by atoms with Crippen LogP contribution in [0.1, 0.15) is 50.7 Å². The zero-order valence-electron chi connectivity index (χ0n) is 12.4. The van der Waals surface area contributed by atoms with Crippen LogP contribution in [0.3, 0.4) is 0 Å². The van der Waals surface area contributed by atoms with Crippen LogP contribution < -0.4 is 4.74 Å². The van der Waals surface area contributed by atoms with Crippen molar-refractivity contribution < 1.29 is 9.84 Å². The SMILES string of the molecule is CCCCCCC(O)c1c(OC)ccc2ccccc12. The molecule has 0 amide bonds. The van der Waals surface area contributed by atoms with Gasteiger partial charge in [0.15, 0.2) is 0 Å². The highest BCUT2D eigenvalue weighted by Gasteiger charge is 2.16. The van der Waals surface area contributed by atoms with E-state index < -0.39 is 6.10 Å². The zero-order valence-corrected chi connectivity index (χ0v) is 12.4. The first-order chi connectivity index (χ1) is 9.77. The molecule has 0 saturated carbocycles. The number of unbranched alkanes of at least 4 members (excludes halogenated alkanes) is 3. The van der Waals surface area contributed by atoms with Gasteiger partial charge in [-0.3, -0.25) is 0 Å². The molecule has 1 N–H and O–H groups in total. The molecule has 2 heteroatoms. The molecule has 0 heterocycles. The van der Waals surface area contributed by atoms with Gasteiger partial charge in [-0.2, -0.15) is 0 Å². The fourth-order valence-corrected chi connectivity index (χ4v) is 2.71. The minimum Gasteiger partial charge on any atom is -0.496 e. The summed E-state index contributed by atoms with van der Waals surface area (Å²) in [6.07, 6.45) is 5.03. The lowest BCUT2D eigenvalue weighted by molar-refractivity contribution is 0.161. The van der Waals surface area contributed by atoms with Gasteiger partial charge in [-0.25, -0.2) is 0 Å². The molecule has 2 aromatic rings. The molecule has 0 bridgehead atoms. The van der Waals surface area contributed by atoms with Crippen molar-refractivity contribution in [2.75, 3.05) is 7.11 Å². The molecule has 0 aliphatic rings. The first-order valence-electron chi connectivity index (χ1n) is 7.51. The van der Waals surface area contributed by atoms with Crippen molar-refractivity contribution in [2.24, 2.45) is 0 Å². The van der Waals surface area contributed by atoms with E-state index in [9.17, 15) is 5.11 Å². The molecule has 0 aromatic heterocycles. The van der Waals surface area contributed by atoms with E-state index in [0.29, 0.717) is 0 Å². The van der Waals surface area contributed by atoms with Crippen molar-refractivity contribution in [1.82, 2.24) is 0 Å². The van der Waals surface area contributed by atoms with Crippen LogP contribution in [0.4, 0.5) is 0 Å². The Morgan fingerprint density at radius 1 is 1.05 bits per heavy atom. The summed E-state index contributed by atoms with van der Waals surface area (Å²) in [5, 5.41) is 12.8. The number of fused-ring (bicyclic) bond motifs is 1. The van der Waals surface area contributed by atoms with Crippen LogP contribution in [-0.4, -0.2) is 12.2 Å². The minimum atomic E-state index is -0.451. The van der Waals surface area contributed by atoms with Gasteiger partial charge in [-0.15, -0.1) is 0 Å². The number of methoxy groups -OCH3 is 1. The Kier molecular flexibility index (Phi) is 5.42. The smallest absolute Gasteiger partial charge is 0.125 e. The number of rotatable bonds is 7. The standard InChI is InChI=1S/C18H24O2/c1-3-4-5-6-11-16(19)18-15-10-8-7-9-14(15)12-13-17(18)20-2/h7-10,12-13,16,19H,3-6,11H2,1-2H3. The van der Waals surface area contributed by atoms with Crippen molar-refractivity contribution in [2.45, 2.75) is 45.1 Å². The molecule has 2 rings (SSSR count). The monoisotopic (exact) mass is 272 g/mol. The average molecular weight is 272 g/mol. The van der Waals surface area contributed by atoms with Crippen molar-refractivity contribution in [1.29, 1.82) is 0 Å². The molecule has 1 atom stereocenters. The summed E-state index contributed by atoms with van der Waals surface area (Å²) < 4.78 is 5.44. The fraction of sp³-hybridized carbons (Fsp3) is 0.444. The molecule has 0 aliphatic heterocycles. The summed E-state index contributed by atoms with van der Waals surface area (Å²) in [6.45, 7) is 2.20. The van der Waals surface area contributed by atoms with Crippen molar-refractivity contribution in [3.8, 4) is 5.75 Å². The number of aliphatic hydroxyl groups excluding tert-OH is 1. The highest BCUT2D eigenvalue weighted by Crippen LogP contribution is 2.35. The average Bonchev–Trinajstić information content (AvgIpc) is 2.50. The van der Waals surface area contributed by atoms with E-state index in [4.69, 9.17) is 4.74 Å². The van der Waals surface area contributed by atoms with Gasteiger partial charge in [0.1, 0.15) is 5.75 Å². The molecule has 108 valence electrons. The predicted octanol–water partition coefficient (Wildman–Crippen LogP) is 4.85. The third-order valence-corrected chi connectivity index (χ3v) is 3.81. The van der Waals surface area contributed by atoms with Gasteiger partial charge in [-0.05, 0) is 23.3 Å². The largest absolute Gasteiger partial charge is 0.496 e. The molecule has 0 aliphatic carbocycles. The maximum absolute atomic E-state index is 10.5. The van der Waals surface area contributed by atoms with Crippen LogP contribution in [-0.2, 0) is 0 Å². The predicted molar refractivity (Wildman–Crippen MR) is 84.2 cm³/mol. The molecule has 2 aromatic carbocycles. The maximum Gasteiger partial charge on any atom is 0.125 e. The van der Waals surface area contributed by atoms with Crippen LogP contribution in [0.25, 0.3) is 10.8 Å². The molecule has 20 heavy (non-hydrogen) atoms. The summed E-state index contributed by atoms with van der Waals surface area (Å²) in [4.78, 5) is 0. The third kappa shape index (κ3) is 3.31. The van der Waals surface area contributed by atoms with Gasteiger partial charge in [-0.1, -0.05) is 62.9 Å². The molecule has 0 radical (unpaired) electrons. The van der Waals surface area contributed by atoms with E-state index in [0.717, 1.165) is 34.9 Å². The van der Waals surface area contributed by atoms with Gasteiger partial charge in [0.05, 0.1) is 13.2 Å². The summed E-state index contributed by atoms with van der Waals surface area (Å²) in [5.74, 6) is 0.784. The first kappa shape index (κ1) is 14.9. The van der Waals surface area contributed by atoms with Crippen LogP contribution >= 0.6 is 0 Å². The maximum atomic E-state index is 10.5. The van der Waals surface area contributed by atoms with Gasteiger partial charge in [0.2, 0.25) is 0 Å². The summed E-state index contributed by atoms with van der Waals surface area (Å²) in [7, 11) is 1.66. The second kappa shape index (κ2) is 7.30. The topological polar surface area (TPSA) is 29.5 Å². The Morgan fingerprint density at radius 3 is 2.60 bits per heavy atom. The molecule has 0 saturated heterocycles. The number of aliphatic hydroxyl groups is 1. The fourth-order valence-electron chi connectivity index (χ4n) is 2.71. The minimum absolute atomic E-state index is 0.451. The van der Waals surface area contributed by atoms with Crippen molar-refractivity contribution in [3.05, 3.63) is 42.0 Å². The van der Waals surface area contributed by atoms with Gasteiger partial charge in [0, 0.05) is 5.56 Å². The van der Waals surface area contributed by atoms with E-state index >= 15 is 0 Å². The van der Waals surface area contributed by atoms with Crippen molar-refractivity contribution >= 4 is 10.8 Å². The van der Waals surface area contributed by atoms with Crippen molar-refractivity contribution in [3.63, 3.8) is 0 Å². The quantitative estimate of drug-likeness (QED) is 0.730. The lowest BCUT2D eigenvalue weighted by Gasteiger charge is -2.17. The molecule has 0 spiro atoms. The number of hydrogen-bond donors (Lipinski definition) is 1. The van der Waals surface area contributed by atoms with E-state index in [-0.39, 0.29) is 0 Å². The van der Waals surface area contributed by atoms with E-state index in [1.54, 1.807) is 7.11 Å². The number of benzene rings is 2. The second-order valence-corrected chi connectivity index (χ2v) is 5.27. The Morgan fingerprint density at radius 2 is 1.85 bits per heavy atom. The summed E-state index contributed by atoms with van der Waals surface area (Å²) >= 11 is 0. The molecular weight excluding hydrogens is 248 g/mol. The highest BCUT2D eigenvalue weighted by atomic mass is 16.5. The molecule has 2 nitrogen and oxygen atoms in total. The Balaban J connectivity index is 2.26. The number of ether oxygens (including phenoxy) is 1. The normalized spacial score (nSPS) is 12.6. The molecule has 0 fully saturated rings.